The average Bonchev–Trinajstić information content (AvgIpc) is 3.15. The van der Waals surface area contributed by atoms with Crippen LogP contribution in [0.25, 0.3) is 16.8 Å². The number of aromatic nitrogens is 3. The predicted octanol–water partition coefficient (Wildman–Crippen LogP) is 2.83. The summed E-state index contributed by atoms with van der Waals surface area (Å²) in [5.74, 6) is -0.292. The van der Waals surface area contributed by atoms with Gasteiger partial charge in [-0.1, -0.05) is 12.1 Å². The normalized spacial score (nSPS) is 16.3. The Balaban J connectivity index is 1.78. The number of fused-ring (bicyclic) bond motifs is 1. The lowest BCUT2D eigenvalue weighted by atomic mass is 10.0. The highest BCUT2D eigenvalue weighted by Gasteiger charge is 2.20. The minimum atomic E-state index is -0.292. The molecule has 0 aliphatic carbocycles. The molecule has 0 bridgehead atoms. The van der Waals surface area contributed by atoms with Gasteiger partial charge >= 0.3 is 0 Å². The van der Waals surface area contributed by atoms with Crippen molar-refractivity contribution in [1.29, 1.82) is 0 Å². The second kappa shape index (κ2) is 4.78. The van der Waals surface area contributed by atoms with Crippen LogP contribution in [0.5, 0.6) is 0 Å². The number of H-pyrrole nitrogens is 1. The lowest BCUT2D eigenvalue weighted by Crippen LogP contribution is -2.06. The highest BCUT2D eigenvalue weighted by atomic mass is 32.2. The van der Waals surface area contributed by atoms with Crippen molar-refractivity contribution >= 4 is 17.7 Å². The first-order chi connectivity index (χ1) is 10.3. The first-order valence-electron chi connectivity index (χ1n) is 6.30. The Kier molecular flexibility index (Phi) is 2.78. The van der Waals surface area contributed by atoms with Gasteiger partial charge in [-0.3, -0.25) is 4.31 Å². The van der Waals surface area contributed by atoms with Crippen molar-refractivity contribution in [2.24, 2.45) is 0 Å². The number of aromatic amines is 1. The van der Waals surface area contributed by atoms with Gasteiger partial charge in [0.1, 0.15) is 17.2 Å². The quantitative estimate of drug-likeness (QED) is 0.835. The maximum absolute atomic E-state index is 13.4. The second-order valence-electron chi connectivity index (χ2n) is 4.55. The Labute approximate surface area is 124 Å². The minimum absolute atomic E-state index is 0.292. The van der Waals surface area contributed by atoms with E-state index in [1.807, 2.05) is 34.9 Å². The lowest BCUT2D eigenvalue weighted by molar-refractivity contribution is 0.628. The van der Waals surface area contributed by atoms with Gasteiger partial charge in [0.2, 0.25) is 0 Å². The van der Waals surface area contributed by atoms with Crippen molar-refractivity contribution in [1.82, 2.24) is 24.4 Å². The maximum Gasteiger partial charge on any atom is 0.123 e. The van der Waals surface area contributed by atoms with Crippen molar-refractivity contribution in [3.63, 3.8) is 0 Å². The molecule has 7 heteroatoms. The molecule has 0 radical (unpaired) electrons. The molecule has 5 nitrogen and oxygen atoms in total. The van der Waals surface area contributed by atoms with Crippen LogP contribution < -0.4 is 4.72 Å². The summed E-state index contributed by atoms with van der Waals surface area (Å²) in [4.78, 5) is 0. The highest BCUT2D eigenvalue weighted by Crippen LogP contribution is 2.33. The molecule has 2 aliphatic rings. The summed E-state index contributed by atoms with van der Waals surface area (Å²) in [6.45, 7) is 0. The summed E-state index contributed by atoms with van der Waals surface area (Å²) in [5.41, 5.74) is 4.00. The highest BCUT2D eigenvalue weighted by molar-refractivity contribution is 7.95. The van der Waals surface area contributed by atoms with Crippen LogP contribution >= 0.6 is 12.1 Å². The summed E-state index contributed by atoms with van der Waals surface area (Å²) < 4.78 is 18.5. The van der Waals surface area contributed by atoms with Crippen LogP contribution in [0.15, 0.2) is 54.5 Å². The van der Waals surface area contributed by atoms with Crippen LogP contribution in [0.1, 0.15) is 5.69 Å². The third-order valence-corrected chi connectivity index (χ3v) is 3.98. The van der Waals surface area contributed by atoms with Gasteiger partial charge in [-0.25, -0.2) is 4.39 Å². The summed E-state index contributed by atoms with van der Waals surface area (Å²) >= 11 is 1.49. The molecule has 0 amide bonds. The first kappa shape index (κ1) is 12.2. The largest absolute Gasteiger partial charge is 0.316 e. The number of hydrogen-bond donors (Lipinski definition) is 2. The zero-order valence-electron chi connectivity index (χ0n) is 10.7. The third kappa shape index (κ3) is 2.11. The van der Waals surface area contributed by atoms with Crippen LogP contribution in [-0.4, -0.2) is 19.7 Å². The van der Waals surface area contributed by atoms with Crippen LogP contribution in [0.3, 0.4) is 0 Å². The topological polar surface area (TPSA) is 56.8 Å². The van der Waals surface area contributed by atoms with E-state index in [4.69, 9.17) is 0 Å². The van der Waals surface area contributed by atoms with Crippen molar-refractivity contribution in [2.75, 3.05) is 0 Å². The number of rotatable bonds is 2. The molecule has 0 spiro atoms. The van der Waals surface area contributed by atoms with Crippen molar-refractivity contribution in [2.45, 2.75) is 0 Å². The Morgan fingerprint density at radius 3 is 3.00 bits per heavy atom. The third-order valence-electron chi connectivity index (χ3n) is 3.22. The molecule has 2 N–H and O–H groups in total. The summed E-state index contributed by atoms with van der Waals surface area (Å²) in [5, 5.41) is 11.0. The van der Waals surface area contributed by atoms with Gasteiger partial charge in [0.25, 0.3) is 0 Å². The summed E-state index contributed by atoms with van der Waals surface area (Å²) in [7, 11) is 0. The van der Waals surface area contributed by atoms with E-state index in [9.17, 15) is 4.39 Å². The molecule has 4 rings (SSSR count). The fourth-order valence-corrected chi connectivity index (χ4v) is 2.87. The molecule has 0 saturated heterocycles. The van der Waals surface area contributed by atoms with Crippen LogP contribution in [0.4, 0.5) is 4.39 Å². The second-order valence-corrected chi connectivity index (χ2v) is 5.36. The molecule has 1 aromatic carbocycles. The molecular weight excluding hydrogens is 289 g/mol. The smallest absolute Gasteiger partial charge is 0.123 e. The van der Waals surface area contributed by atoms with Crippen LogP contribution in [-0.2, 0) is 0 Å². The van der Waals surface area contributed by atoms with E-state index in [1.165, 1.54) is 24.3 Å². The monoisotopic (exact) mass is 299 g/mol. The van der Waals surface area contributed by atoms with E-state index in [0.29, 0.717) is 17.0 Å². The van der Waals surface area contributed by atoms with Crippen molar-refractivity contribution in [3.8, 4) is 11.3 Å². The number of halogens is 1. The molecule has 1 aromatic heterocycles. The average molecular weight is 299 g/mol. The molecule has 104 valence electrons. The molecule has 2 aliphatic heterocycles. The van der Waals surface area contributed by atoms with Gasteiger partial charge < -0.3 is 4.72 Å². The molecular formula is C14H10FN5S. The predicted molar refractivity (Wildman–Crippen MR) is 79.5 cm³/mol. The van der Waals surface area contributed by atoms with E-state index < -0.39 is 0 Å². The molecule has 2 aromatic rings. The van der Waals surface area contributed by atoms with Crippen molar-refractivity contribution < 1.29 is 4.39 Å². The SMILES string of the molecule is Fc1cccc(-c2n[nH]nc2C2=CC3=CNSN3C=C2)c1. The fraction of sp³-hybridized carbons (Fsp3) is 0. The Bertz CT molecular complexity index is 792. The van der Waals surface area contributed by atoms with Gasteiger partial charge in [-0.2, -0.15) is 15.4 Å². The molecule has 21 heavy (non-hydrogen) atoms. The molecule has 3 heterocycles. The zero-order chi connectivity index (χ0) is 14.2. The van der Waals surface area contributed by atoms with E-state index in [0.717, 1.165) is 11.3 Å². The van der Waals surface area contributed by atoms with Gasteiger partial charge in [0, 0.05) is 23.5 Å². The molecule has 0 fully saturated rings. The Hall–Kier alpha value is -2.54. The van der Waals surface area contributed by atoms with E-state index in [1.54, 1.807) is 6.07 Å². The van der Waals surface area contributed by atoms with E-state index >= 15 is 0 Å². The number of hydrogen-bond acceptors (Lipinski definition) is 5. The van der Waals surface area contributed by atoms with Gasteiger partial charge in [0.05, 0.1) is 17.8 Å². The number of nitrogens with zero attached hydrogens (tertiary/aromatic N) is 3. The summed E-state index contributed by atoms with van der Waals surface area (Å²) in [6.07, 6.45) is 7.83. The van der Waals surface area contributed by atoms with Gasteiger partial charge in [0.15, 0.2) is 0 Å². The first-order valence-corrected chi connectivity index (χ1v) is 7.07. The lowest BCUT2D eigenvalue weighted by Gasteiger charge is -2.16. The standard InChI is InChI=1S/C14H10FN5S/c15-11-3-1-2-9(6-11)13-14(18-19-17-13)10-4-5-20-12(7-10)8-16-21-20/h1-8,16H,(H,17,18,19). The number of benzene rings is 1. The molecule has 0 atom stereocenters. The van der Waals surface area contributed by atoms with Crippen LogP contribution in [0.2, 0.25) is 0 Å². The Morgan fingerprint density at radius 1 is 1.19 bits per heavy atom. The van der Waals surface area contributed by atoms with Crippen LogP contribution in [0, 0.1) is 5.82 Å². The zero-order valence-corrected chi connectivity index (χ0v) is 11.6. The van der Waals surface area contributed by atoms with Crippen molar-refractivity contribution in [3.05, 3.63) is 66.0 Å². The molecule has 0 saturated carbocycles. The number of allylic oxidation sites excluding steroid dienone is 3. The fourth-order valence-electron chi connectivity index (χ4n) is 2.25. The Morgan fingerprint density at radius 2 is 2.10 bits per heavy atom. The maximum atomic E-state index is 13.4. The van der Waals surface area contributed by atoms with E-state index in [2.05, 4.69) is 20.1 Å². The molecule has 0 unspecified atom stereocenters. The van der Waals surface area contributed by atoms with Gasteiger partial charge in [-0.15, -0.1) is 0 Å². The summed E-state index contributed by atoms with van der Waals surface area (Å²) in [6, 6.07) is 6.34. The minimum Gasteiger partial charge on any atom is -0.316 e. The number of nitrogens with one attached hydrogen (secondary N) is 2. The van der Waals surface area contributed by atoms with E-state index in [-0.39, 0.29) is 5.82 Å². The van der Waals surface area contributed by atoms with Gasteiger partial charge in [-0.05, 0) is 24.3 Å².